The Balaban J connectivity index is 1.43. The van der Waals surface area contributed by atoms with Gasteiger partial charge < -0.3 is 20.1 Å². The third kappa shape index (κ3) is 6.05. The molecule has 1 aromatic heterocycles. The topological polar surface area (TPSA) is 104 Å². The Morgan fingerprint density at radius 3 is 2.81 bits per heavy atom. The molecule has 2 aromatic carbocycles. The third-order valence-electron chi connectivity index (χ3n) is 4.67. The molecule has 0 aliphatic heterocycles. The van der Waals surface area contributed by atoms with Crippen LogP contribution in [0.3, 0.4) is 0 Å². The van der Waals surface area contributed by atoms with Gasteiger partial charge in [-0.3, -0.25) is 5.32 Å². The van der Waals surface area contributed by atoms with Gasteiger partial charge in [0.1, 0.15) is 18.2 Å². The van der Waals surface area contributed by atoms with E-state index in [2.05, 4.69) is 15.6 Å². The maximum Gasteiger partial charge on any atom is 0.412 e. The fraction of sp³-hybridized carbons (Fsp3) is 0.227. The summed E-state index contributed by atoms with van der Waals surface area (Å²) in [4.78, 5) is 29.6. The second-order valence-corrected chi connectivity index (χ2v) is 7.34. The molecule has 3 amide bonds. The third-order valence-corrected chi connectivity index (χ3v) is 5.09. The number of benzene rings is 2. The number of carbonyl (C=O) groups excluding carboxylic acids is 2. The number of halogens is 2. The molecular formula is C22H22ClFN4O4. The van der Waals surface area contributed by atoms with Crippen molar-refractivity contribution in [3.05, 3.63) is 70.6 Å². The molecule has 168 valence electrons. The highest BCUT2D eigenvalue weighted by Crippen LogP contribution is 2.20. The molecule has 0 saturated carbocycles. The summed E-state index contributed by atoms with van der Waals surface area (Å²) in [5, 5.41) is 16.0. The molecule has 8 nitrogen and oxygen atoms in total. The van der Waals surface area contributed by atoms with Gasteiger partial charge in [0.25, 0.3) is 0 Å². The molecule has 0 unspecified atom stereocenters. The van der Waals surface area contributed by atoms with Gasteiger partial charge in [-0.15, -0.1) is 0 Å². The number of aliphatic hydroxyl groups is 1. The minimum atomic E-state index is -0.704. The standard InChI is InChI=1S/C22H22ClFN4O4/c1-28(21(30)26-11-16-3-2-4-18(24)20(16)23)7-8-32-22(31)27-19-10-15-6-5-14(13-29)9-17(15)12-25-19/h2-6,9-10,12,29H,7-8,11,13H2,1H3,(H,26,30)(H,25,27,31). The van der Waals surface area contributed by atoms with E-state index in [-0.39, 0.29) is 31.3 Å². The lowest BCUT2D eigenvalue weighted by Crippen LogP contribution is -2.39. The van der Waals surface area contributed by atoms with E-state index in [1.54, 1.807) is 24.4 Å². The number of amides is 3. The summed E-state index contributed by atoms with van der Waals surface area (Å²) in [5.74, 6) is -0.237. The molecule has 0 atom stereocenters. The van der Waals surface area contributed by atoms with Gasteiger partial charge in [-0.2, -0.15) is 0 Å². The van der Waals surface area contributed by atoms with Gasteiger partial charge in [0.15, 0.2) is 0 Å². The van der Waals surface area contributed by atoms with Crippen molar-refractivity contribution in [1.82, 2.24) is 15.2 Å². The van der Waals surface area contributed by atoms with E-state index in [1.807, 2.05) is 12.1 Å². The van der Waals surface area contributed by atoms with Crippen LogP contribution in [0.15, 0.2) is 48.7 Å². The molecule has 1 heterocycles. The lowest BCUT2D eigenvalue weighted by molar-refractivity contribution is 0.146. The molecule has 32 heavy (non-hydrogen) atoms. The molecule has 3 aromatic rings. The predicted octanol–water partition coefficient (Wildman–Crippen LogP) is 3.91. The molecule has 10 heteroatoms. The number of pyridine rings is 1. The number of aromatic nitrogens is 1. The van der Waals surface area contributed by atoms with E-state index in [4.69, 9.17) is 16.3 Å². The van der Waals surface area contributed by atoms with Crippen LogP contribution in [-0.2, 0) is 17.9 Å². The number of hydrogen-bond donors (Lipinski definition) is 3. The Morgan fingerprint density at radius 1 is 1.22 bits per heavy atom. The number of ether oxygens (including phenoxy) is 1. The monoisotopic (exact) mass is 460 g/mol. The number of rotatable bonds is 7. The van der Waals surface area contributed by atoms with E-state index in [0.29, 0.717) is 11.4 Å². The molecular weight excluding hydrogens is 439 g/mol. The zero-order valence-corrected chi connectivity index (χ0v) is 18.0. The van der Waals surface area contributed by atoms with Crippen molar-refractivity contribution < 1.29 is 23.8 Å². The predicted molar refractivity (Wildman–Crippen MR) is 119 cm³/mol. The maximum absolute atomic E-state index is 13.4. The number of carbonyl (C=O) groups is 2. The van der Waals surface area contributed by atoms with Crippen LogP contribution in [0, 0.1) is 5.82 Å². The number of hydrogen-bond acceptors (Lipinski definition) is 5. The van der Waals surface area contributed by atoms with Crippen molar-refractivity contribution >= 4 is 40.3 Å². The summed E-state index contributed by atoms with van der Waals surface area (Å²) in [6, 6.07) is 11.1. The Kier molecular flexibility index (Phi) is 7.80. The molecule has 0 aliphatic carbocycles. The van der Waals surface area contributed by atoms with Gasteiger partial charge in [0.2, 0.25) is 0 Å². The number of urea groups is 1. The van der Waals surface area contributed by atoms with Crippen LogP contribution in [0.25, 0.3) is 10.8 Å². The second-order valence-electron chi connectivity index (χ2n) is 6.96. The highest BCUT2D eigenvalue weighted by Gasteiger charge is 2.12. The van der Waals surface area contributed by atoms with Crippen LogP contribution in [0.5, 0.6) is 0 Å². The first-order valence-corrected chi connectivity index (χ1v) is 10.1. The van der Waals surface area contributed by atoms with Crippen LogP contribution in [0.2, 0.25) is 5.02 Å². The number of aliphatic hydroxyl groups excluding tert-OH is 1. The van der Waals surface area contributed by atoms with Crippen LogP contribution in [-0.4, -0.2) is 47.3 Å². The number of nitrogens with one attached hydrogen (secondary N) is 2. The summed E-state index contributed by atoms with van der Waals surface area (Å²) in [5.41, 5.74) is 1.23. The fourth-order valence-corrected chi connectivity index (χ4v) is 3.06. The minimum Gasteiger partial charge on any atom is -0.447 e. The SMILES string of the molecule is CN(CCOC(=O)Nc1cc2ccc(CO)cc2cn1)C(=O)NCc1cccc(F)c1Cl. The molecule has 3 N–H and O–H groups in total. The van der Waals surface area contributed by atoms with Gasteiger partial charge in [-0.25, -0.2) is 19.0 Å². The van der Waals surface area contributed by atoms with E-state index < -0.39 is 17.9 Å². The van der Waals surface area contributed by atoms with E-state index in [9.17, 15) is 19.1 Å². The van der Waals surface area contributed by atoms with Gasteiger partial charge >= 0.3 is 12.1 Å². The highest BCUT2D eigenvalue weighted by molar-refractivity contribution is 6.31. The number of likely N-dealkylation sites (N-methyl/N-ethyl adjacent to an activating group) is 1. The normalized spacial score (nSPS) is 10.6. The van der Waals surface area contributed by atoms with Gasteiger partial charge in [0, 0.05) is 25.2 Å². The Bertz CT molecular complexity index is 1130. The molecule has 0 spiro atoms. The largest absolute Gasteiger partial charge is 0.447 e. The van der Waals surface area contributed by atoms with Crippen molar-refractivity contribution in [3.63, 3.8) is 0 Å². The van der Waals surface area contributed by atoms with Crippen LogP contribution < -0.4 is 10.6 Å². The van der Waals surface area contributed by atoms with Crippen LogP contribution in [0.1, 0.15) is 11.1 Å². The first-order chi connectivity index (χ1) is 15.4. The number of anilines is 1. The quantitative estimate of drug-likeness (QED) is 0.496. The van der Waals surface area contributed by atoms with E-state index in [0.717, 1.165) is 16.3 Å². The first-order valence-electron chi connectivity index (χ1n) is 9.72. The molecule has 0 saturated heterocycles. The van der Waals surface area contributed by atoms with Gasteiger partial charge in [-0.05, 0) is 34.7 Å². The van der Waals surface area contributed by atoms with E-state index in [1.165, 1.54) is 24.1 Å². The molecule has 0 fully saturated rings. The summed E-state index contributed by atoms with van der Waals surface area (Å²) in [6.45, 7) is 0.108. The Hall–Kier alpha value is -3.43. The minimum absolute atomic E-state index is 0.0356. The molecule has 0 aliphatic rings. The lowest BCUT2D eigenvalue weighted by atomic mass is 10.1. The van der Waals surface area contributed by atoms with Crippen molar-refractivity contribution in [1.29, 1.82) is 0 Å². The molecule has 0 bridgehead atoms. The zero-order chi connectivity index (χ0) is 23.1. The first kappa shape index (κ1) is 23.2. The van der Waals surface area contributed by atoms with E-state index >= 15 is 0 Å². The molecule has 0 radical (unpaired) electrons. The van der Waals surface area contributed by atoms with Gasteiger partial charge in [-0.1, -0.05) is 35.9 Å². The Morgan fingerprint density at radius 2 is 2.03 bits per heavy atom. The lowest BCUT2D eigenvalue weighted by Gasteiger charge is -2.18. The van der Waals surface area contributed by atoms with Crippen molar-refractivity contribution in [2.24, 2.45) is 0 Å². The Labute approximate surface area is 189 Å². The van der Waals surface area contributed by atoms with Crippen molar-refractivity contribution in [2.75, 3.05) is 25.5 Å². The number of fused-ring (bicyclic) bond motifs is 1. The second kappa shape index (κ2) is 10.7. The average molecular weight is 461 g/mol. The smallest absolute Gasteiger partial charge is 0.412 e. The van der Waals surface area contributed by atoms with Crippen molar-refractivity contribution in [3.8, 4) is 0 Å². The summed E-state index contributed by atoms with van der Waals surface area (Å²) in [6.07, 6.45) is 0.886. The molecule has 3 rings (SSSR count). The summed E-state index contributed by atoms with van der Waals surface area (Å²) < 4.78 is 18.5. The average Bonchev–Trinajstić information content (AvgIpc) is 2.79. The zero-order valence-electron chi connectivity index (χ0n) is 17.3. The highest BCUT2D eigenvalue weighted by atomic mass is 35.5. The van der Waals surface area contributed by atoms with Gasteiger partial charge in [0.05, 0.1) is 18.2 Å². The fourth-order valence-electron chi connectivity index (χ4n) is 2.87. The number of nitrogens with zero attached hydrogens (tertiary/aromatic N) is 2. The summed E-state index contributed by atoms with van der Waals surface area (Å²) >= 11 is 5.87. The maximum atomic E-state index is 13.4. The summed E-state index contributed by atoms with van der Waals surface area (Å²) in [7, 11) is 1.54. The van der Waals surface area contributed by atoms with Crippen molar-refractivity contribution in [2.45, 2.75) is 13.2 Å². The van der Waals surface area contributed by atoms with Crippen LogP contribution >= 0.6 is 11.6 Å². The van der Waals surface area contributed by atoms with Crippen LogP contribution in [0.4, 0.5) is 19.8 Å².